The predicted octanol–water partition coefficient (Wildman–Crippen LogP) is 2.50. The van der Waals surface area contributed by atoms with Crippen LogP contribution in [0.4, 0.5) is 0 Å². The molecule has 2 N–H and O–H groups in total. The molecule has 1 aliphatic rings. The summed E-state index contributed by atoms with van der Waals surface area (Å²) in [5.74, 6) is -0.609. The smallest absolute Gasteiger partial charge is 0.311 e. The topological polar surface area (TPSA) is 93.5 Å². The molecular formula is C19H23N3O4. The van der Waals surface area contributed by atoms with E-state index in [9.17, 15) is 14.7 Å². The van der Waals surface area contributed by atoms with E-state index in [0.717, 1.165) is 5.69 Å². The van der Waals surface area contributed by atoms with Crippen LogP contribution in [0.1, 0.15) is 37.2 Å². The van der Waals surface area contributed by atoms with Gasteiger partial charge in [0.05, 0.1) is 23.9 Å². The molecule has 1 saturated carbocycles. The van der Waals surface area contributed by atoms with Crippen molar-refractivity contribution in [3.63, 3.8) is 0 Å². The van der Waals surface area contributed by atoms with Crippen molar-refractivity contribution < 1.29 is 19.4 Å². The fraction of sp³-hybridized carbons (Fsp3) is 0.421. The Morgan fingerprint density at radius 1 is 1.31 bits per heavy atom. The quantitative estimate of drug-likeness (QED) is 0.757. The summed E-state index contributed by atoms with van der Waals surface area (Å²) in [5, 5.41) is 16.3. The van der Waals surface area contributed by atoms with Gasteiger partial charge in [-0.05, 0) is 30.9 Å². The zero-order valence-electron chi connectivity index (χ0n) is 14.9. The zero-order chi connectivity index (χ0) is 18.7. The third kappa shape index (κ3) is 3.87. The van der Waals surface area contributed by atoms with E-state index in [0.29, 0.717) is 31.1 Å². The van der Waals surface area contributed by atoms with E-state index in [4.69, 9.17) is 4.74 Å². The predicted molar refractivity (Wildman–Crippen MR) is 95.5 cm³/mol. The van der Waals surface area contributed by atoms with E-state index in [2.05, 4.69) is 10.4 Å². The number of carbonyl (C=O) groups is 2. The second-order valence-electron chi connectivity index (χ2n) is 7.10. The number of carbonyl (C=O) groups excluding carboxylic acids is 1. The highest BCUT2D eigenvalue weighted by Gasteiger charge is 2.50. The van der Waals surface area contributed by atoms with Crippen molar-refractivity contribution in [1.29, 1.82) is 0 Å². The van der Waals surface area contributed by atoms with Crippen LogP contribution in [0, 0.1) is 11.3 Å². The normalized spacial score (nSPS) is 14.9. The average molecular weight is 357 g/mol. The molecule has 0 bridgehead atoms. The number of para-hydroxylation sites is 1. The standard InChI is InChI=1S/C19H23N3O4/c1-13(2)11-26-15-10-22(14-6-4-3-5-7-14)21-16(15)17(23)20-12-19(8-9-19)18(24)25/h3-7,10,13H,8-9,11-12H2,1-2H3,(H,20,23)(H,24,25). The van der Waals surface area contributed by atoms with Crippen LogP contribution in [0.2, 0.25) is 0 Å². The lowest BCUT2D eigenvalue weighted by molar-refractivity contribution is -0.143. The minimum Gasteiger partial charge on any atom is -0.489 e. The van der Waals surface area contributed by atoms with E-state index in [-0.39, 0.29) is 12.2 Å². The summed E-state index contributed by atoms with van der Waals surface area (Å²) >= 11 is 0. The summed E-state index contributed by atoms with van der Waals surface area (Å²) in [6, 6.07) is 9.43. The van der Waals surface area contributed by atoms with Gasteiger partial charge in [-0.15, -0.1) is 0 Å². The summed E-state index contributed by atoms with van der Waals surface area (Å²) in [6.45, 7) is 4.60. The van der Waals surface area contributed by atoms with Gasteiger partial charge >= 0.3 is 5.97 Å². The third-order valence-electron chi connectivity index (χ3n) is 4.38. The van der Waals surface area contributed by atoms with E-state index >= 15 is 0 Å². The highest BCUT2D eigenvalue weighted by atomic mass is 16.5. The molecule has 1 fully saturated rings. The maximum Gasteiger partial charge on any atom is 0.311 e. The highest BCUT2D eigenvalue weighted by Crippen LogP contribution is 2.45. The van der Waals surface area contributed by atoms with Crippen molar-refractivity contribution in [1.82, 2.24) is 15.1 Å². The number of nitrogens with one attached hydrogen (secondary N) is 1. The molecule has 2 aromatic rings. The van der Waals surface area contributed by atoms with E-state index in [1.807, 2.05) is 44.2 Å². The minimum atomic E-state index is -0.871. The first-order valence-corrected chi connectivity index (χ1v) is 8.71. The molecule has 0 unspecified atom stereocenters. The van der Waals surface area contributed by atoms with Gasteiger partial charge in [0, 0.05) is 6.54 Å². The van der Waals surface area contributed by atoms with Gasteiger partial charge in [-0.3, -0.25) is 9.59 Å². The Balaban J connectivity index is 1.80. The van der Waals surface area contributed by atoms with Crippen molar-refractivity contribution in [3.8, 4) is 11.4 Å². The first-order valence-electron chi connectivity index (χ1n) is 8.71. The van der Waals surface area contributed by atoms with E-state index < -0.39 is 17.3 Å². The molecule has 0 aliphatic heterocycles. The molecule has 26 heavy (non-hydrogen) atoms. The number of benzene rings is 1. The number of carboxylic acids is 1. The van der Waals surface area contributed by atoms with Crippen LogP contribution < -0.4 is 10.1 Å². The van der Waals surface area contributed by atoms with Crippen LogP contribution >= 0.6 is 0 Å². The van der Waals surface area contributed by atoms with Crippen molar-refractivity contribution in [2.75, 3.05) is 13.2 Å². The molecule has 1 aliphatic carbocycles. The first-order chi connectivity index (χ1) is 12.4. The van der Waals surface area contributed by atoms with Crippen molar-refractivity contribution in [2.45, 2.75) is 26.7 Å². The second-order valence-corrected chi connectivity index (χ2v) is 7.10. The number of aliphatic carboxylic acids is 1. The Kier molecular flexibility index (Phi) is 4.97. The molecule has 7 heteroatoms. The summed E-state index contributed by atoms with van der Waals surface area (Å²) in [5.41, 5.74) is 0.150. The molecule has 138 valence electrons. The summed E-state index contributed by atoms with van der Waals surface area (Å²) in [6.07, 6.45) is 2.84. The van der Waals surface area contributed by atoms with Crippen LogP contribution in [-0.4, -0.2) is 39.9 Å². The monoisotopic (exact) mass is 357 g/mol. The van der Waals surface area contributed by atoms with Crippen LogP contribution in [0.3, 0.4) is 0 Å². The Labute approximate surface area is 152 Å². The fourth-order valence-corrected chi connectivity index (χ4v) is 2.54. The Morgan fingerprint density at radius 2 is 2.00 bits per heavy atom. The van der Waals surface area contributed by atoms with Gasteiger partial charge in [0.15, 0.2) is 11.4 Å². The van der Waals surface area contributed by atoms with Crippen LogP contribution in [0.15, 0.2) is 36.5 Å². The van der Waals surface area contributed by atoms with Gasteiger partial charge in [0.2, 0.25) is 0 Å². The Morgan fingerprint density at radius 3 is 2.58 bits per heavy atom. The third-order valence-corrected chi connectivity index (χ3v) is 4.38. The number of hydrogen-bond donors (Lipinski definition) is 2. The molecule has 1 aromatic carbocycles. The molecule has 0 spiro atoms. The number of amides is 1. The lowest BCUT2D eigenvalue weighted by Crippen LogP contribution is -2.34. The molecule has 0 saturated heterocycles. The Hall–Kier alpha value is -2.83. The van der Waals surface area contributed by atoms with Gasteiger partial charge in [0.25, 0.3) is 5.91 Å². The first kappa shape index (κ1) is 18.0. The number of nitrogens with zero attached hydrogens (tertiary/aromatic N) is 2. The molecule has 1 heterocycles. The Bertz CT molecular complexity index is 794. The highest BCUT2D eigenvalue weighted by molar-refractivity contribution is 5.95. The molecule has 1 amide bonds. The maximum absolute atomic E-state index is 12.6. The number of hydrogen-bond acceptors (Lipinski definition) is 4. The van der Waals surface area contributed by atoms with Gasteiger partial charge in [-0.1, -0.05) is 32.0 Å². The van der Waals surface area contributed by atoms with Crippen molar-refractivity contribution in [2.24, 2.45) is 11.3 Å². The average Bonchev–Trinajstić information content (AvgIpc) is 3.31. The summed E-state index contributed by atoms with van der Waals surface area (Å²) < 4.78 is 7.35. The fourth-order valence-electron chi connectivity index (χ4n) is 2.54. The summed E-state index contributed by atoms with van der Waals surface area (Å²) in [4.78, 5) is 23.9. The largest absolute Gasteiger partial charge is 0.489 e. The molecule has 1 aromatic heterocycles. The lowest BCUT2D eigenvalue weighted by atomic mass is 10.1. The second kappa shape index (κ2) is 7.19. The van der Waals surface area contributed by atoms with Crippen molar-refractivity contribution in [3.05, 3.63) is 42.2 Å². The number of rotatable bonds is 8. The number of aromatic nitrogens is 2. The van der Waals surface area contributed by atoms with Gasteiger partial charge in [0.1, 0.15) is 0 Å². The molecule has 0 atom stereocenters. The molecule has 3 rings (SSSR count). The molecule has 0 radical (unpaired) electrons. The lowest BCUT2D eigenvalue weighted by Gasteiger charge is -2.11. The van der Waals surface area contributed by atoms with Gasteiger partial charge in [-0.2, -0.15) is 5.10 Å². The van der Waals surface area contributed by atoms with Gasteiger partial charge < -0.3 is 15.2 Å². The van der Waals surface area contributed by atoms with Crippen molar-refractivity contribution >= 4 is 11.9 Å². The van der Waals surface area contributed by atoms with E-state index in [1.165, 1.54) is 0 Å². The van der Waals surface area contributed by atoms with E-state index in [1.54, 1.807) is 10.9 Å². The maximum atomic E-state index is 12.6. The van der Waals surface area contributed by atoms with Gasteiger partial charge in [-0.25, -0.2) is 4.68 Å². The van der Waals surface area contributed by atoms with Crippen LogP contribution in [-0.2, 0) is 4.79 Å². The zero-order valence-corrected chi connectivity index (χ0v) is 14.9. The minimum absolute atomic E-state index is 0.100. The van der Waals surface area contributed by atoms with Crippen LogP contribution in [0.5, 0.6) is 5.75 Å². The summed E-state index contributed by atoms with van der Waals surface area (Å²) in [7, 11) is 0. The SMILES string of the molecule is CC(C)COc1cn(-c2ccccc2)nc1C(=O)NCC1(C(=O)O)CC1. The molecular weight excluding hydrogens is 334 g/mol. The number of carboxylic acid groups (broad SMARTS) is 1. The van der Waals surface area contributed by atoms with Crippen LogP contribution in [0.25, 0.3) is 5.69 Å². The number of ether oxygens (including phenoxy) is 1. The molecule has 7 nitrogen and oxygen atoms in total.